The van der Waals surface area contributed by atoms with Crippen molar-refractivity contribution in [2.75, 3.05) is 25.9 Å². The molecule has 0 bridgehead atoms. The fourth-order valence-corrected chi connectivity index (χ4v) is 5.14. The first-order valence-electron chi connectivity index (χ1n) is 11.5. The number of rotatable bonds is 2. The van der Waals surface area contributed by atoms with E-state index in [2.05, 4.69) is 29.2 Å². The highest BCUT2D eigenvalue weighted by molar-refractivity contribution is 7.85. The van der Waals surface area contributed by atoms with E-state index in [-0.39, 0.29) is 0 Å². The van der Waals surface area contributed by atoms with Gasteiger partial charge in [-0.1, -0.05) is 31.0 Å². The molecule has 7 heteroatoms. The Kier molecular flexibility index (Phi) is 7.18. The lowest BCUT2D eigenvalue weighted by atomic mass is 9.91. The zero-order chi connectivity index (χ0) is 23.4. The first-order chi connectivity index (χ1) is 15.8. The second-order valence-corrected chi connectivity index (χ2v) is 10.5. The van der Waals surface area contributed by atoms with Crippen LogP contribution >= 0.6 is 0 Å². The summed E-state index contributed by atoms with van der Waals surface area (Å²) in [6, 6.07) is 16.5. The fraction of sp³-hybridized carbons (Fsp3) is 0.423. The van der Waals surface area contributed by atoms with Gasteiger partial charge in [0.1, 0.15) is 11.5 Å². The third-order valence-corrected chi connectivity index (χ3v) is 6.58. The highest BCUT2D eigenvalue weighted by atomic mass is 32.2. The van der Waals surface area contributed by atoms with Crippen LogP contribution in [0.15, 0.2) is 42.5 Å². The third kappa shape index (κ3) is 6.02. The van der Waals surface area contributed by atoms with Crippen molar-refractivity contribution in [1.82, 2.24) is 4.90 Å². The molecule has 0 spiro atoms. The van der Waals surface area contributed by atoms with Crippen molar-refractivity contribution >= 4 is 21.3 Å². The molecular weight excluding hydrogens is 436 g/mol. The molecule has 2 aromatic rings. The van der Waals surface area contributed by atoms with Gasteiger partial charge in [0.2, 0.25) is 0 Å². The van der Waals surface area contributed by atoms with Gasteiger partial charge in [-0.3, -0.25) is 4.55 Å². The summed E-state index contributed by atoms with van der Waals surface area (Å²) in [5.41, 5.74) is 5.79. The number of fused-ring (bicyclic) bond motifs is 4. The van der Waals surface area contributed by atoms with E-state index in [1.54, 1.807) is 0 Å². The molecule has 5 rings (SSSR count). The molecule has 2 aliphatic heterocycles. The summed E-state index contributed by atoms with van der Waals surface area (Å²) >= 11 is 0. The first-order valence-corrected chi connectivity index (χ1v) is 13.4. The number of benzene rings is 2. The van der Waals surface area contributed by atoms with E-state index >= 15 is 0 Å². The predicted molar refractivity (Wildman–Crippen MR) is 130 cm³/mol. The van der Waals surface area contributed by atoms with Crippen molar-refractivity contribution < 1.29 is 17.7 Å². The van der Waals surface area contributed by atoms with Crippen LogP contribution in [0.1, 0.15) is 55.2 Å². The number of hydrogen-bond donors (Lipinski definition) is 1. The molecule has 2 heterocycles. The van der Waals surface area contributed by atoms with Crippen molar-refractivity contribution in [2.24, 2.45) is 5.92 Å². The van der Waals surface area contributed by atoms with Gasteiger partial charge >= 0.3 is 0 Å². The second kappa shape index (κ2) is 10.1. The fourth-order valence-electron chi connectivity index (χ4n) is 5.14. The van der Waals surface area contributed by atoms with Gasteiger partial charge in [0.25, 0.3) is 10.1 Å². The Bertz CT molecular complexity index is 1180. The molecule has 33 heavy (non-hydrogen) atoms. The largest absolute Gasteiger partial charge is 0.456 e. The maximum atomic E-state index is 9.42. The molecule has 3 aliphatic rings. The monoisotopic (exact) mass is 466 g/mol. The topological polar surface area (TPSA) is 90.6 Å². The third-order valence-electron chi connectivity index (χ3n) is 6.58. The summed E-state index contributed by atoms with van der Waals surface area (Å²) in [4.78, 5) is 2.67. The number of nitrogens with zero attached hydrogens (tertiary/aromatic N) is 2. The van der Waals surface area contributed by atoms with Gasteiger partial charge in [-0.2, -0.15) is 13.7 Å². The number of para-hydroxylation sites is 1. The van der Waals surface area contributed by atoms with Gasteiger partial charge in [-0.25, -0.2) is 0 Å². The van der Waals surface area contributed by atoms with Crippen molar-refractivity contribution in [3.63, 3.8) is 0 Å². The summed E-state index contributed by atoms with van der Waals surface area (Å²) in [5.74, 6) is 2.69. The van der Waals surface area contributed by atoms with Crippen molar-refractivity contribution in [1.29, 1.82) is 5.26 Å². The average Bonchev–Trinajstić information content (AvgIpc) is 3.14. The molecule has 2 aromatic carbocycles. The minimum Gasteiger partial charge on any atom is -0.456 e. The second-order valence-electron chi connectivity index (χ2n) is 9.06. The van der Waals surface area contributed by atoms with E-state index in [0.717, 1.165) is 48.9 Å². The molecule has 0 unspecified atom stereocenters. The van der Waals surface area contributed by atoms with E-state index in [0.29, 0.717) is 11.8 Å². The van der Waals surface area contributed by atoms with Crippen LogP contribution in [0, 0.1) is 17.2 Å². The van der Waals surface area contributed by atoms with Crippen LogP contribution in [0.3, 0.4) is 0 Å². The molecule has 0 aromatic heterocycles. The van der Waals surface area contributed by atoms with E-state index in [4.69, 9.17) is 9.29 Å². The smallest absolute Gasteiger partial charge is 0.261 e. The molecule has 0 amide bonds. The Morgan fingerprint density at radius 3 is 2.30 bits per heavy atom. The highest BCUT2D eigenvalue weighted by Crippen LogP contribution is 2.46. The lowest BCUT2D eigenvalue weighted by Crippen LogP contribution is -2.30. The Morgan fingerprint density at radius 1 is 1.03 bits per heavy atom. The summed E-state index contributed by atoms with van der Waals surface area (Å²) < 4.78 is 32.2. The number of nitriles is 1. The van der Waals surface area contributed by atoms with Crippen molar-refractivity contribution in [3.05, 3.63) is 59.2 Å². The quantitative estimate of drug-likeness (QED) is 0.599. The molecule has 1 fully saturated rings. The molecule has 0 saturated heterocycles. The SMILES string of the molecule is CS(=O)(=O)O.N#Cc1ccc2c(c1)C1=C(CCN(CC3CCCC3)CC1)c1ccccc1O2. The van der Waals surface area contributed by atoms with Crippen molar-refractivity contribution in [3.8, 4) is 17.6 Å². The van der Waals surface area contributed by atoms with Crippen LogP contribution in [0.4, 0.5) is 0 Å². The summed E-state index contributed by atoms with van der Waals surface area (Å²) in [7, 11) is -3.67. The lowest BCUT2D eigenvalue weighted by Gasteiger charge is -2.24. The maximum Gasteiger partial charge on any atom is 0.261 e. The van der Waals surface area contributed by atoms with Gasteiger partial charge in [0, 0.05) is 30.8 Å². The standard InChI is InChI=1S/C25H26N2O.CH4O3S/c26-16-19-9-10-25-23(15-19)21-12-14-27(17-18-5-1-2-6-18)13-11-20(21)22-7-3-4-8-24(22)28-25;1-5(2,3)4/h3-4,7-10,15,18H,1-2,5-6,11-14,17H2;1H3,(H,2,3,4). The Labute approximate surface area is 196 Å². The average molecular weight is 467 g/mol. The van der Waals surface area contributed by atoms with Crippen LogP contribution in [-0.2, 0) is 10.1 Å². The van der Waals surface area contributed by atoms with E-state index in [1.165, 1.54) is 48.9 Å². The lowest BCUT2D eigenvalue weighted by molar-refractivity contribution is 0.244. The molecule has 1 aliphatic carbocycles. The number of hydrogen-bond acceptors (Lipinski definition) is 5. The van der Waals surface area contributed by atoms with Crippen LogP contribution in [0.5, 0.6) is 11.5 Å². The van der Waals surface area contributed by atoms with Crippen LogP contribution in [-0.4, -0.2) is 43.8 Å². The Hall–Kier alpha value is -2.66. The summed E-state index contributed by atoms with van der Waals surface area (Å²) in [6.07, 6.45) is 8.38. The Morgan fingerprint density at radius 2 is 1.64 bits per heavy atom. The normalized spacial score (nSPS) is 18.5. The van der Waals surface area contributed by atoms with E-state index in [1.807, 2.05) is 24.3 Å². The molecule has 0 radical (unpaired) electrons. The van der Waals surface area contributed by atoms with Crippen LogP contribution < -0.4 is 4.74 Å². The van der Waals surface area contributed by atoms with Gasteiger partial charge in [-0.15, -0.1) is 0 Å². The zero-order valence-electron chi connectivity index (χ0n) is 19.0. The summed E-state index contributed by atoms with van der Waals surface area (Å²) in [5, 5.41) is 9.42. The van der Waals surface area contributed by atoms with Gasteiger partial charge in [0.05, 0.1) is 17.9 Å². The minimum atomic E-state index is -3.67. The van der Waals surface area contributed by atoms with Gasteiger partial charge in [0.15, 0.2) is 0 Å². The molecule has 174 valence electrons. The zero-order valence-corrected chi connectivity index (χ0v) is 19.8. The predicted octanol–water partition coefficient (Wildman–Crippen LogP) is 5.36. The maximum absolute atomic E-state index is 9.42. The molecule has 0 atom stereocenters. The van der Waals surface area contributed by atoms with E-state index < -0.39 is 10.1 Å². The minimum absolute atomic E-state index is 0.701. The van der Waals surface area contributed by atoms with Crippen LogP contribution in [0.2, 0.25) is 0 Å². The molecular formula is C26H30N2O4S. The van der Waals surface area contributed by atoms with Gasteiger partial charge in [-0.05, 0) is 67.0 Å². The number of ether oxygens (including phenoxy) is 1. The van der Waals surface area contributed by atoms with Gasteiger partial charge < -0.3 is 9.64 Å². The molecule has 6 nitrogen and oxygen atoms in total. The molecule has 1 N–H and O–H groups in total. The van der Waals surface area contributed by atoms with Crippen LogP contribution in [0.25, 0.3) is 11.1 Å². The highest BCUT2D eigenvalue weighted by Gasteiger charge is 2.27. The summed E-state index contributed by atoms with van der Waals surface area (Å²) in [6.45, 7) is 3.44. The first kappa shape index (κ1) is 23.5. The molecule has 1 saturated carbocycles. The Balaban J connectivity index is 0.000000471. The van der Waals surface area contributed by atoms with Crippen molar-refractivity contribution in [2.45, 2.75) is 38.5 Å². The van der Waals surface area contributed by atoms with E-state index in [9.17, 15) is 13.7 Å².